The van der Waals surface area contributed by atoms with Gasteiger partial charge in [-0.3, -0.25) is 4.79 Å². The smallest absolute Gasteiger partial charge is 0.226 e. The number of allylic oxidation sites excluding steroid dienone is 1. The van der Waals surface area contributed by atoms with E-state index in [1.807, 2.05) is 11.1 Å². The van der Waals surface area contributed by atoms with Crippen molar-refractivity contribution in [2.45, 2.75) is 26.2 Å². The van der Waals surface area contributed by atoms with Crippen LogP contribution in [0.25, 0.3) is 10.9 Å². The summed E-state index contributed by atoms with van der Waals surface area (Å²) in [4.78, 5) is 16.9. The van der Waals surface area contributed by atoms with Crippen LogP contribution in [0.15, 0.2) is 36.7 Å². The molecule has 0 spiro atoms. The van der Waals surface area contributed by atoms with Crippen molar-refractivity contribution >= 4 is 16.8 Å². The molecule has 0 bridgehead atoms. The number of rotatable bonds is 3. The summed E-state index contributed by atoms with van der Waals surface area (Å²) in [7, 11) is 0. The summed E-state index contributed by atoms with van der Waals surface area (Å²) in [5.74, 6) is 0.235. The lowest BCUT2D eigenvalue weighted by Gasteiger charge is -2.21. The van der Waals surface area contributed by atoms with Gasteiger partial charge in [0.05, 0.1) is 0 Å². The number of carbonyl (C=O) groups is 1. The molecule has 0 saturated carbocycles. The van der Waals surface area contributed by atoms with Crippen LogP contribution in [-0.2, 0) is 11.2 Å². The van der Waals surface area contributed by atoms with Gasteiger partial charge in [-0.05, 0) is 30.9 Å². The molecule has 0 saturated heterocycles. The predicted molar refractivity (Wildman–Crippen MR) is 76.8 cm³/mol. The maximum Gasteiger partial charge on any atom is 0.226 e. The van der Waals surface area contributed by atoms with Crippen molar-refractivity contribution in [2.75, 3.05) is 6.54 Å². The van der Waals surface area contributed by atoms with Gasteiger partial charge in [0.2, 0.25) is 5.91 Å². The van der Waals surface area contributed by atoms with Gasteiger partial charge in [-0.15, -0.1) is 0 Å². The van der Waals surface area contributed by atoms with E-state index in [1.165, 1.54) is 22.0 Å². The minimum Gasteiger partial charge on any atom is -0.361 e. The Kier molecular flexibility index (Phi) is 3.11. The van der Waals surface area contributed by atoms with E-state index in [0.29, 0.717) is 6.42 Å². The lowest BCUT2D eigenvalue weighted by Crippen LogP contribution is -2.29. The van der Waals surface area contributed by atoms with E-state index in [4.69, 9.17) is 0 Å². The van der Waals surface area contributed by atoms with E-state index in [2.05, 4.69) is 42.4 Å². The Balaban J connectivity index is 1.79. The number of aromatic amines is 1. The van der Waals surface area contributed by atoms with Crippen molar-refractivity contribution in [3.05, 3.63) is 47.8 Å². The van der Waals surface area contributed by atoms with Gasteiger partial charge in [-0.2, -0.15) is 0 Å². The van der Waals surface area contributed by atoms with Gasteiger partial charge < -0.3 is 9.88 Å². The third-order valence-corrected chi connectivity index (χ3v) is 3.76. The molecule has 0 fully saturated rings. The lowest BCUT2D eigenvalue weighted by atomic mass is 10.1. The SMILES string of the molecule is Cc1cccc2c(CCN3C=CCCC3=O)c[nH]c12. The molecule has 2 heterocycles. The number of hydrogen-bond acceptors (Lipinski definition) is 1. The van der Waals surface area contributed by atoms with Crippen LogP contribution in [0, 0.1) is 6.92 Å². The Morgan fingerprint density at radius 3 is 3.11 bits per heavy atom. The first kappa shape index (κ1) is 12.0. The van der Waals surface area contributed by atoms with Crippen LogP contribution in [-0.4, -0.2) is 22.3 Å². The van der Waals surface area contributed by atoms with Crippen molar-refractivity contribution in [1.29, 1.82) is 0 Å². The first-order valence-corrected chi connectivity index (χ1v) is 6.77. The number of benzene rings is 1. The van der Waals surface area contributed by atoms with Crippen molar-refractivity contribution < 1.29 is 4.79 Å². The first-order chi connectivity index (χ1) is 9.25. The quantitative estimate of drug-likeness (QED) is 0.897. The lowest BCUT2D eigenvalue weighted by molar-refractivity contribution is -0.129. The molecule has 0 radical (unpaired) electrons. The highest BCUT2D eigenvalue weighted by molar-refractivity contribution is 5.86. The molecule has 2 aromatic rings. The maximum atomic E-state index is 11.7. The highest BCUT2D eigenvalue weighted by Crippen LogP contribution is 2.22. The van der Waals surface area contributed by atoms with Gasteiger partial charge in [-0.1, -0.05) is 24.3 Å². The van der Waals surface area contributed by atoms with Crippen molar-refractivity contribution in [3.8, 4) is 0 Å². The third kappa shape index (κ3) is 2.28. The number of H-pyrrole nitrogens is 1. The topological polar surface area (TPSA) is 36.1 Å². The Labute approximate surface area is 112 Å². The fourth-order valence-electron chi connectivity index (χ4n) is 2.65. The van der Waals surface area contributed by atoms with E-state index >= 15 is 0 Å². The van der Waals surface area contributed by atoms with Gasteiger partial charge in [0, 0.05) is 36.3 Å². The molecule has 1 aromatic heterocycles. The second-order valence-electron chi connectivity index (χ2n) is 5.07. The van der Waals surface area contributed by atoms with E-state index in [1.54, 1.807) is 0 Å². The van der Waals surface area contributed by atoms with Gasteiger partial charge in [0.15, 0.2) is 0 Å². The number of aromatic nitrogens is 1. The second kappa shape index (κ2) is 4.92. The molecule has 98 valence electrons. The van der Waals surface area contributed by atoms with Gasteiger partial charge >= 0.3 is 0 Å². The second-order valence-corrected chi connectivity index (χ2v) is 5.07. The maximum absolute atomic E-state index is 11.7. The number of amides is 1. The molecule has 1 aliphatic rings. The Hall–Kier alpha value is -2.03. The summed E-state index contributed by atoms with van der Waals surface area (Å²) in [6, 6.07) is 6.34. The summed E-state index contributed by atoms with van der Waals surface area (Å²) < 4.78 is 0. The van der Waals surface area contributed by atoms with Crippen LogP contribution in [0.1, 0.15) is 24.0 Å². The van der Waals surface area contributed by atoms with E-state index in [0.717, 1.165) is 19.4 Å². The zero-order valence-corrected chi connectivity index (χ0v) is 11.1. The molecule has 1 N–H and O–H groups in total. The monoisotopic (exact) mass is 254 g/mol. The Bertz CT molecular complexity index is 639. The number of fused-ring (bicyclic) bond motifs is 1. The van der Waals surface area contributed by atoms with Crippen molar-refractivity contribution in [2.24, 2.45) is 0 Å². The van der Waals surface area contributed by atoms with Crippen LogP contribution in [0.5, 0.6) is 0 Å². The predicted octanol–water partition coefficient (Wildman–Crippen LogP) is 3.15. The number of nitrogens with zero attached hydrogens (tertiary/aromatic N) is 1. The first-order valence-electron chi connectivity index (χ1n) is 6.77. The summed E-state index contributed by atoms with van der Waals surface area (Å²) in [6.07, 6.45) is 8.47. The summed E-state index contributed by atoms with van der Waals surface area (Å²) in [5, 5.41) is 1.27. The molecule has 3 nitrogen and oxygen atoms in total. The molecule has 19 heavy (non-hydrogen) atoms. The molecular formula is C16H18N2O. The normalized spacial score (nSPS) is 15.4. The molecule has 1 aliphatic heterocycles. The highest BCUT2D eigenvalue weighted by Gasteiger charge is 2.14. The summed E-state index contributed by atoms with van der Waals surface area (Å²) in [5.41, 5.74) is 3.75. The highest BCUT2D eigenvalue weighted by atomic mass is 16.2. The van der Waals surface area contributed by atoms with Crippen molar-refractivity contribution in [3.63, 3.8) is 0 Å². The van der Waals surface area contributed by atoms with Crippen LogP contribution in [0.3, 0.4) is 0 Å². The van der Waals surface area contributed by atoms with Crippen LogP contribution >= 0.6 is 0 Å². The zero-order chi connectivity index (χ0) is 13.2. The largest absolute Gasteiger partial charge is 0.361 e. The molecule has 3 heteroatoms. The molecule has 1 aromatic carbocycles. The van der Waals surface area contributed by atoms with Crippen LogP contribution in [0.2, 0.25) is 0 Å². The molecule has 0 unspecified atom stereocenters. The average molecular weight is 254 g/mol. The average Bonchev–Trinajstić information content (AvgIpc) is 2.83. The minimum atomic E-state index is 0.235. The summed E-state index contributed by atoms with van der Waals surface area (Å²) in [6.45, 7) is 2.87. The van der Waals surface area contributed by atoms with E-state index in [-0.39, 0.29) is 5.91 Å². The molecule has 0 aliphatic carbocycles. The van der Waals surface area contributed by atoms with E-state index in [9.17, 15) is 4.79 Å². The standard InChI is InChI=1S/C16H18N2O/c1-12-5-4-6-14-13(11-17-16(12)14)8-10-18-9-3-2-7-15(18)19/h3-6,9,11,17H,2,7-8,10H2,1H3. The molecule has 1 amide bonds. The number of carbonyl (C=O) groups excluding carboxylic acids is 1. The van der Waals surface area contributed by atoms with Crippen LogP contribution < -0.4 is 0 Å². The third-order valence-electron chi connectivity index (χ3n) is 3.76. The zero-order valence-electron chi connectivity index (χ0n) is 11.1. The van der Waals surface area contributed by atoms with Gasteiger partial charge in [0.25, 0.3) is 0 Å². The van der Waals surface area contributed by atoms with Crippen LogP contribution in [0.4, 0.5) is 0 Å². The number of aryl methyl sites for hydroxylation is 1. The molecular weight excluding hydrogens is 236 g/mol. The number of hydrogen-bond donors (Lipinski definition) is 1. The van der Waals surface area contributed by atoms with Gasteiger partial charge in [0.1, 0.15) is 0 Å². The Morgan fingerprint density at radius 2 is 2.26 bits per heavy atom. The van der Waals surface area contributed by atoms with E-state index < -0.39 is 0 Å². The number of nitrogens with one attached hydrogen (secondary N) is 1. The van der Waals surface area contributed by atoms with Gasteiger partial charge in [-0.25, -0.2) is 0 Å². The number of para-hydroxylation sites is 1. The summed E-state index contributed by atoms with van der Waals surface area (Å²) >= 11 is 0. The molecule has 0 atom stereocenters. The Morgan fingerprint density at radius 1 is 1.37 bits per heavy atom. The fourth-order valence-corrected chi connectivity index (χ4v) is 2.65. The van der Waals surface area contributed by atoms with Crippen molar-refractivity contribution in [1.82, 2.24) is 9.88 Å². The fraction of sp³-hybridized carbons (Fsp3) is 0.312. The minimum absolute atomic E-state index is 0.235. The molecule has 3 rings (SSSR count).